The predicted molar refractivity (Wildman–Crippen MR) is 88.5 cm³/mol. The number of aryl methyl sites for hydroxylation is 1. The summed E-state index contributed by atoms with van der Waals surface area (Å²) in [6, 6.07) is 5.77. The maximum atomic E-state index is 12.8. The first kappa shape index (κ1) is 17.7. The van der Waals surface area contributed by atoms with Gasteiger partial charge in [-0.15, -0.1) is 0 Å². The predicted octanol–water partition coefficient (Wildman–Crippen LogP) is 2.66. The average Bonchev–Trinajstić information content (AvgIpc) is 3.04. The molecule has 5 nitrogen and oxygen atoms in total. The van der Waals surface area contributed by atoms with E-state index in [-0.39, 0.29) is 4.90 Å². The zero-order valence-corrected chi connectivity index (χ0v) is 14.6. The van der Waals surface area contributed by atoms with Crippen LogP contribution in [0.1, 0.15) is 31.2 Å². The van der Waals surface area contributed by atoms with E-state index in [1.165, 1.54) is 14.2 Å². The fraction of sp³-hybridized carbons (Fsp3) is 0.471. The fourth-order valence-corrected chi connectivity index (χ4v) is 4.02. The lowest BCUT2D eigenvalue weighted by Gasteiger charge is -2.26. The maximum Gasteiger partial charge on any atom is 0.324 e. The van der Waals surface area contributed by atoms with Gasteiger partial charge in [0.15, 0.2) is 0 Å². The zero-order valence-electron chi connectivity index (χ0n) is 13.8. The molecule has 0 fully saturated rings. The molecule has 0 aliphatic heterocycles. The number of sulfonamides is 1. The van der Waals surface area contributed by atoms with Crippen LogP contribution in [0.15, 0.2) is 40.8 Å². The topological polar surface area (TPSA) is 63.7 Å². The Labute approximate surface area is 138 Å². The Bertz CT molecular complexity index is 692. The minimum Gasteiger partial charge on any atom is -0.468 e. The van der Waals surface area contributed by atoms with E-state index in [0.29, 0.717) is 6.42 Å². The SMILES string of the molecule is COC(=O)[C@H](CC1=CCCC1)N(C)S(=O)(=O)c1ccc(C)cc1. The summed E-state index contributed by atoms with van der Waals surface area (Å²) in [5.74, 6) is -0.531. The molecule has 0 saturated heterocycles. The number of allylic oxidation sites excluding steroid dienone is 1. The summed E-state index contributed by atoms with van der Waals surface area (Å²) in [5, 5.41) is 0. The van der Waals surface area contributed by atoms with Gasteiger partial charge in [0.25, 0.3) is 0 Å². The van der Waals surface area contributed by atoms with Crippen molar-refractivity contribution in [3.8, 4) is 0 Å². The maximum absolute atomic E-state index is 12.8. The lowest BCUT2D eigenvalue weighted by atomic mass is 10.1. The highest BCUT2D eigenvalue weighted by Gasteiger charge is 2.34. The Hall–Kier alpha value is -1.66. The van der Waals surface area contributed by atoms with Crippen molar-refractivity contribution in [1.29, 1.82) is 0 Å². The van der Waals surface area contributed by atoms with Crippen molar-refractivity contribution in [2.45, 2.75) is 43.5 Å². The smallest absolute Gasteiger partial charge is 0.324 e. The van der Waals surface area contributed by atoms with Gasteiger partial charge in [-0.05, 0) is 44.7 Å². The molecule has 0 radical (unpaired) electrons. The van der Waals surface area contributed by atoms with Gasteiger partial charge >= 0.3 is 5.97 Å². The number of carbonyl (C=O) groups excluding carboxylic acids is 1. The van der Waals surface area contributed by atoms with E-state index in [0.717, 1.165) is 34.7 Å². The molecule has 23 heavy (non-hydrogen) atoms. The van der Waals surface area contributed by atoms with E-state index < -0.39 is 22.0 Å². The summed E-state index contributed by atoms with van der Waals surface area (Å²) in [5.41, 5.74) is 2.10. The third-order valence-corrected chi connectivity index (χ3v) is 6.08. The third-order valence-electron chi connectivity index (χ3n) is 4.20. The summed E-state index contributed by atoms with van der Waals surface area (Å²) < 4.78 is 31.5. The lowest BCUT2D eigenvalue weighted by Crippen LogP contribution is -2.43. The van der Waals surface area contributed by atoms with Gasteiger partial charge in [0.2, 0.25) is 10.0 Å². The minimum atomic E-state index is -3.75. The quantitative estimate of drug-likeness (QED) is 0.591. The van der Waals surface area contributed by atoms with Crippen molar-refractivity contribution in [2.24, 2.45) is 0 Å². The molecule has 0 unspecified atom stereocenters. The number of hydrogen-bond acceptors (Lipinski definition) is 4. The van der Waals surface area contributed by atoms with Gasteiger partial charge in [0.1, 0.15) is 6.04 Å². The van der Waals surface area contributed by atoms with Crippen molar-refractivity contribution in [1.82, 2.24) is 4.31 Å². The molecule has 2 rings (SSSR count). The van der Waals surface area contributed by atoms with E-state index in [4.69, 9.17) is 4.74 Å². The summed E-state index contributed by atoms with van der Waals surface area (Å²) in [6.45, 7) is 1.89. The van der Waals surface area contributed by atoms with Gasteiger partial charge in [-0.1, -0.05) is 29.3 Å². The van der Waals surface area contributed by atoms with Crippen LogP contribution >= 0.6 is 0 Å². The monoisotopic (exact) mass is 337 g/mol. The summed E-state index contributed by atoms with van der Waals surface area (Å²) in [7, 11) is -1.03. The largest absolute Gasteiger partial charge is 0.468 e. The molecule has 1 aromatic rings. The van der Waals surface area contributed by atoms with Crippen LogP contribution in [0, 0.1) is 6.92 Å². The van der Waals surface area contributed by atoms with Gasteiger partial charge in [0, 0.05) is 7.05 Å². The highest BCUT2D eigenvalue weighted by Crippen LogP contribution is 2.26. The molecule has 0 spiro atoms. The van der Waals surface area contributed by atoms with E-state index in [1.807, 2.05) is 6.92 Å². The van der Waals surface area contributed by atoms with Gasteiger partial charge in [-0.25, -0.2) is 8.42 Å². The first-order chi connectivity index (χ1) is 10.9. The second-order valence-electron chi connectivity index (χ2n) is 5.83. The van der Waals surface area contributed by atoms with Crippen LogP contribution in [-0.2, 0) is 19.6 Å². The Balaban J connectivity index is 2.29. The van der Waals surface area contributed by atoms with Gasteiger partial charge < -0.3 is 4.74 Å². The number of nitrogens with zero attached hydrogens (tertiary/aromatic N) is 1. The molecule has 0 N–H and O–H groups in total. The molecule has 1 aliphatic carbocycles. The van der Waals surface area contributed by atoms with Gasteiger partial charge in [-0.2, -0.15) is 4.31 Å². The molecular weight excluding hydrogens is 314 g/mol. The molecule has 126 valence electrons. The number of methoxy groups -OCH3 is 1. The summed E-state index contributed by atoms with van der Waals surface area (Å²) >= 11 is 0. The van der Waals surface area contributed by atoms with Crippen LogP contribution in [0.3, 0.4) is 0 Å². The van der Waals surface area contributed by atoms with Crippen LogP contribution < -0.4 is 0 Å². The second kappa shape index (κ2) is 7.27. The Morgan fingerprint density at radius 3 is 2.48 bits per heavy atom. The van der Waals surface area contributed by atoms with E-state index >= 15 is 0 Å². The molecular formula is C17H23NO4S. The number of hydrogen-bond donors (Lipinski definition) is 0. The van der Waals surface area contributed by atoms with Crippen LogP contribution in [0.25, 0.3) is 0 Å². The minimum absolute atomic E-state index is 0.180. The van der Waals surface area contributed by atoms with Crippen molar-refractivity contribution in [2.75, 3.05) is 14.2 Å². The molecule has 0 bridgehead atoms. The van der Waals surface area contributed by atoms with Crippen molar-refractivity contribution < 1.29 is 17.9 Å². The molecule has 6 heteroatoms. The Kier molecular flexibility index (Phi) is 5.59. The third kappa shape index (κ3) is 4.00. The summed E-state index contributed by atoms with van der Waals surface area (Å²) in [6.07, 6.45) is 5.41. The van der Waals surface area contributed by atoms with Gasteiger partial charge in [0.05, 0.1) is 12.0 Å². The highest BCUT2D eigenvalue weighted by atomic mass is 32.2. The first-order valence-corrected chi connectivity index (χ1v) is 9.10. The molecule has 0 amide bonds. The normalized spacial score (nSPS) is 16.3. The number of carbonyl (C=O) groups is 1. The van der Waals surface area contributed by atoms with Crippen molar-refractivity contribution in [3.63, 3.8) is 0 Å². The molecule has 0 aromatic heterocycles. The van der Waals surface area contributed by atoms with Crippen LogP contribution in [-0.4, -0.2) is 38.9 Å². The number of likely N-dealkylation sites (N-methyl/N-ethyl adjacent to an activating group) is 1. The average molecular weight is 337 g/mol. The number of ether oxygens (including phenoxy) is 1. The fourth-order valence-electron chi connectivity index (χ4n) is 2.71. The van der Waals surface area contributed by atoms with Crippen LogP contribution in [0.2, 0.25) is 0 Å². The molecule has 0 heterocycles. The number of esters is 1. The standard InChI is InChI=1S/C17H23NO4S/c1-13-8-10-15(11-9-13)23(20,21)18(2)16(17(19)22-3)12-14-6-4-5-7-14/h6,8-11,16H,4-5,7,12H2,1-3H3/t16-/m0/s1. The number of benzene rings is 1. The Morgan fingerprint density at radius 1 is 1.30 bits per heavy atom. The molecule has 1 aliphatic rings. The van der Waals surface area contributed by atoms with Crippen LogP contribution in [0.5, 0.6) is 0 Å². The Morgan fingerprint density at radius 2 is 1.96 bits per heavy atom. The van der Waals surface area contributed by atoms with Crippen LogP contribution in [0.4, 0.5) is 0 Å². The first-order valence-electron chi connectivity index (χ1n) is 7.66. The van der Waals surface area contributed by atoms with Crippen molar-refractivity contribution in [3.05, 3.63) is 41.5 Å². The molecule has 1 atom stereocenters. The van der Waals surface area contributed by atoms with Gasteiger partial charge in [-0.3, -0.25) is 4.79 Å². The van der Waals surface area contributed by atoms with E-state index in [2.05, 4.69) is 6.08 Å². The molecule has 1 aromatic carbocycles. The van der Waals surface area contributed by atoms with E-state index in [1.54, 1.807) is 24.3 Å². The summed E-state index contributed by atoms with van der Waals surface area (Å²) in [4.78, 5) is 12.3. The lowest BCUT2D eigenvalue weighted by molar-refractivity contribution is -0.144. The second-order valence-corrected chi connectivity index (χ2v) is 7.83. The number of rotatable bonds is 6. The van der Waals surface area contributed by atoms with Crippen molar-refractivity contribution >= 4 is 16.0 Å². The molecule has 0 saturated carbocycles. The highest BCUT2D eigenvalue weighted by molar-refractivity contribution is 7.89. The zero-order chi connectivity index (χ0) is 17.0. The van der Waals surface area contributed by atoms with E-state index in [9.17, 15) is 13.2 Å².